The number of benzene rings is 1. The molecule has 1 aromatic carbocycles. The van der Waals surface area contributed by atoms with Gasteiger partial charge in [0.05, 0.1) is 16.5 Å². The summed E-state index contributed by atoms with van der Waals surface area (Å²) in [5, 5.41) is 16.3. The molecule has 1 heterocycles. The standard InChI is InChI=1S/C25H34F6N2O3/c1-22(2,15-34)23(7-5-20(13-23)33-19-4-3-8-36-9-6-19)21(35)32-14-16-10-17(24(26,27)28)12-18(11-16)25(29,30)31/h10-12,19-20,33-34H,3-9,13-15H2,1-2H3,(H,32,35). The van der Waals surface area contributed by atoms with Crippen molar-refractivity contribution in [1.29, 1.82) is 0 Å². The number of carbonyl (C=O) groups excluding carboxylic acids is 1. The second-order valence-corrected chi connectivity index (χ2v) is 10.6. The Morgan fingerprint density at radius 1 is 1.00 bits per heavy atom. The first-order valence-corrected chi connectivity index (χ1v) is 12.2. The minimum absolute atomic E-state index is 0.00457. The fourth-order valence-electron chi connectivity index (χ4n) is 5.34. The van der Waals surface area contributed by atoms with E-state index >= 15 is 0 Å². The summed E-state index contributed by atoms with van der Waals surface area (Å²) in [6.45, 7) is 4.06. The van der Waals surface area contributed by atoms with Crippen LogP contribution < -0.4 is 10.6 Å². The van der Waals surface area contributed by atoms with Crippen molar-refractivity contribution in [2.24, 2.45) is 10.8 Å². The Morgan fingerprint density at radius 2 is 1.64 bits per heavy atom. The Labute approximate surface area is 207 Å². The summed E-state index contributed by atoms with van der Waals surface area (Å²) in [7, 11) is 0. The number of hydrogen-bond acceptors (Lipinski definition) is 4. The molecule has 3 rings (SSSR count). The van der Waals surface area contributed by atoms with Gasteiger partial charge in [0.2, 0.25) is 5.91 Å². The molecule has 1 aromatic rings. The van der Waals surface area contributed by atoms with Gasteiger partial charge in [-0.2, -0.15) is 26.3 Å². The Bertz CT molecular complexity index is 878. The summed E-state index contributed by atoms with van der Waals surface area (Å²) in [6.07, 6.45) is -5.72. The summed E-state index contributed by atoms with van der Waals surface area (Å²) >= 11 is 0. The summed E-state index contributed by atoms with van der Waals surface area (Å²) < 4.78 is 84.7. The van der Waals surface area contributed by atoms with Crippen molar-refractivity contribution in [3.05, 3.63) is 34.9 Å². The Kier molecular flexibility index (Phi) is 8.67. The molecule has 5 nitrogen and oxygen atoms in total. The fourth-order valence-corrected chi connectivity index (χ4v) is 5.34. The molecule has 3 unspecified atom stereocenters. The van der Waals surface area contributed by atoms with E-state index in [4.69, 9.17) is 4.74 Å². The van der Waals surface area contributed by atoms with Crippen LogP contribution in [-0.4, -0.2) is 42.9 Å². The Morgan fingerprint density at radius 3 is 2.22 bits per heavy atom. The largest absolute Gasteiger partial charge is 0.416 e. The molecule has 11 heteroatoms. The highest BCUT2D eigenvalue weighted by Crippen LogP contribution is 2.51. The van der Waals surface area contributed by atoms with E-state index < -0.39 is 46.8 Å². The molecule has 2 fully saturated rings. The van der Waals surface area contributed by atoms with Gasteiger partial charge in [-0.05, 0) is 62.3 Å². The van der Waals surface area contributed by atoms with Crippen molar-refractivity contribution in [2.75, 3.05) is 19.8 Å². The molecule has 0 bridgehead atoms. The van der Waals surface area contributed by atoms with Crippen LogP contribution in [0.2, 0.25) is 0 Å². The smallest absolute Gasteiger partial charge is 0.396 e. The van der Waals surface area contributed by atoms with Gasteiger partial charge in [-0.15, -0.1) is 0 Å². The van der Waals surface area contributed by atoms with E-state index in [1.54, 1.807) is 13.8 Å². The number of nitrogens with one attached hydrogen (secondary N) is 2. The molecule has 2 aliphatic rings. The van der Waals surface area contributed by atoms with E-state index in [2.05, 4.69) is 10.6 Å². The molecule has 3 N–H and O–H groups in total. The van der Waals surface area contributed by atoms with E-state index in [0.717, 1.165) is 19.3 Å². The molecule has 1 amide bonds. The van der Waals surface area contributed by atoms with E-state index in [1.165, 1.54) is 0 Å². The van der Waals surface area contributed by atoms with E-state index in [0.29, 0.717) is 44.6 Å². The number of alkyl halides is 6. The lowest BCUT2D eigenvalue weighted by molar-refractivity contribution is -0.143. The first-order chi connectivity index (χ1) is 16.7. The second kappa shape index (κ2) is 10.9. The quantitative estimate of drug-likeness (QED) is 0.437. The van der Waals surface area contributed by atoms with Crippen LogP contribution in [0.5, 0.6) is 0 Å². The minimum atomic E-state index is -4.96. The topological polar surface area (TPSA) is 70.6 Å². The van der Waals surface area contributed by atoms with Crippen LogP contribution in [0.3, 0.4) is 0 Å². The average Bonchev–Trinajstić information content (AvgIpc) is 3.07. The zero-order valence-corrected chi connectivity index (χ0v) is 20.5. The molecular formula is C25H34F6N2O3. The lowest BCUT2D eigenvalue weighted by Crippen LogP contribution is -2.51. The van der Waals surface area contributed by atoms with Crippen molar-refractivity contribution in [3.8, 4) is 0 Å². The molecule has 1 aliphatic heterocycles. The van der Waals surface area contributed by atoms with Crippen LogP contribution in [0, 0.1) is 10.8 Å². The maximum atomic E-state index is 13.5. The SMILES string of the molecule is CC(C)(CO)C1(C(=O)NCc2cc(C(F)(F)F)cc(C(F)(F)F)c2)CCC(NC2CCCOCC2)C1. The first-order valence-electron chi connectivity index (χ1n) is 12.2. The number of ether oxygens (including phenoxy) is 1. The molecule has 0 radical (unpaired) electrons. The van der Waals surface area contributed by atoms with Crippen LogP contribution in [0.25, 0.3) is 0 Å². The highest BCUT2D eigenvalue weighted by Gasteiger charge is 2.54. The molecule has 36 heavy (non-hydrogen) atoms. The summed E-state index contributed by atoms with van der Waals surface area (Å²) in [6, 6.07) is 1.53. The summed E-state index contributed by atoms with van der Waals surface area (Å²) in [5.74, 6) is -0.485. The van der Waals surface area contributed by atoms with Crippen LogP contribution >= 0.6 is 0 Å². The number of aliphatic hydroxyl groups excluding tert-OH is 1. The third-order valence-electron chi connectivity index (χ3n) is 7.66. The highest BCUT2D eigenvalue weighted by atomic mass is 19.4. The Hall–Kier alpha value is -1.85. The third-order valence-corrected chi connectivity index (χ3v) is 7.66. The zero-order valence-electron chi connectivity index (χ0n) is 20.5. The van der Waals surface area contributed by atoms with Gasteiger partial charge in [0.15, 0.2) is 0 Å². The number of halogens is 6. The van der Waals surface area contributed by atoms with Gasteiger partial charge in [0.1, 0.15) is 0 Å². The molecule has 204 valence electrons. The van der Waals surface area contributed by atoms with Gasteiger partial charge in [0.25, 0.3) is 0 Å². The van der Waals surface area contributed by atoms with Gasteiger partial charge < -0.3 is 20.5 Å². The zero-order chi connectivity index (χ0) is 26.8. The van der Waals surface area contributed by atoms with Crippen molar-refractivity contribution in [1.82, 2.24) is 10.6 Å². The number of amides is 1. The lowest BCUT2D eigenvalue weighted by Gasteiger charge is -2.42. The number of aliphatic hydroxyl groups is 1. The number of hydrogen-bond donors (Lipinski definition) is 3. The van der Waals surface area contributed by atoms with Crippen molar-refractivity contribution in [3.63, 3.8) is 0 Å². The minimum Gasteiger partial charge on any atom is -0.396 e. The maximum absolute atomic E-state index is 13.5. The average molecular weight is 525 g/mol. The van der Waals surface area contributed by atoms with Crippen molar-refractivity contribution in [2.45, 2.75) is 83.4 Å². The van der Waals surface area contributed by atoms with Gasteiger partial charge in [0, 0.05) is 43.9 Å². The maximum Gasteiger partial charge on any atom is 0.416 e. The van der Waals surface area contributed by atoms with Crippen molar-refractivity contribution >= 4 is 5.91 Å². The summed E-state index contributed by atoms with van der Waals surface area (Å²) in [4.78, 5) is 13.5. The van der Waals surface area contributed by atoms with E-state index in [9.17, 15) is 36.2 Å². The van der Waals surface area contributed by atoms with Crippen LogP contribution in [0.4, 0.5) is 26.3 Å². The predicted octanol–water partition coefficient (Wildman–Crippen LogP) is 5.06. The predicted molar refractivity (Wildman–Crippen MR) is 121 cm³/mol. The van der Waals surface area contributed by atoms with E-state index in [-0.39, 0.29) is 30.3 Å². The Balaban J connectivity index is 1.78. The third kappa shape index (κ3) is 6.52. The van der Waals surface area contributed by atoms with E-state index in [1.807, 2.05) is 0 Å². The van der Waals surface area contributed by atoms with Crippen LogP contribution in [0.15, 0.2) is 18.2 Å². The highest BCUT2D eigenvalue weighted by molar-refractivity contribution is 5.84. The van der Waals surface area contributed by atoms with Gasteiger partial charge >= 0.3 is 12.4 Å². The van der Waals surface area contributed by atoms with Gasteiger partial charge in [-0.3, -0.25) is 4.79 Å². The summed E-state index contributed by atoms with van der Waals surface area (Å²) in [5.41, 5.74) is -5.04. The van der Waals surface area contributed by atoms with Gasteiger partial charge in [-0.25, -0.2) is 0 Å². The molecule has 1 saturated heterocycles. The van der Waals surface area contributed by atoms with Crippen molar-refractivity contribution < 1.29 is 41.0 Å². The van der Waals surface area contributed by atoms with Crippen LogP contribution in [-0.2, 0) is 28.4 Å². The number of carbonyl (C=O) groups is 1. The molecule has 0 aromatic heterocycles. The molecular weight excluding hydrogens is 490 g/mol. The first kappa shape index (κ1) is 28.7. The lowest BCUT2D eigenvalue weighted by atomic mass is 9.63. The molecule has 1 aliphatic carbocycles. The second-order valence-electron chi connectivity index (χ2n) is 10.6. The molecule has 3 atom stereocenters. The number of rotatable bonds is 7. The fraction of sp³-hybridized carbons (Fsp3) is 0.720. The van der Waals surface area contributed by atoms with Gasteiger partial charge in [-0.1, -0.05) is 13.8 Å². The molecule has 1 saturated carbocycles. The normalized spacial score (nSPS) is 26.0. The monoisotopic (exact) mass is 524 g/mol. The molecule has 0 spiro atoms. The van der Waals surface area contributed by atoms with Crippen LogP contribution in [0.1, 0.15) is 69.1 Å².